The van der Waals surface area contributed by atoms with Gasteiger partial charge in [0.05, 0.1) is 0 Å². The zero-order valence-electron chi connectivity index (χ0n) is 24.3. The van der Waals surface area contributed by atoms with Gasteiger partial charge in [-0.3, -0.25) is 0 Å². The molecule has 0 unspecified atom stereocenters. The van der Waals surface area contributed by atoms with E-state index in [1.807, 2.05) is 20.8 Å². The van der Waals surface area contributed by atoms with Crippen LogP contribution in [0.25, 0.3) is 0 Å². The maximum atomic E-state index is 13.1. The molecule has 0 bridgehead atoms. The molecule has 0 aliphatic heterocycles. The average molecular weight is 613 g/mol. The van der Waals surface area contributed by atoms with E-state index in [1.165, 1.54) is 18.2 Å². The van der Waals surface area contributed by atoms with Gasteiger partial charge in [-0.05, 0) is 0 Å². The first-order valence-corrected chi connectivity index (χ1v) is 17.0. The quantitative estimate of drug-likeness (QED) is 0.190. The van der Waals surface area contributed by atoms with Crippen LogP contribution >= 0.6 is 0 Å². The Kier molecular flexibility index (Phi) is 11.8. The molecule has 0 spiro atoms. The molecule has 0 aromatic carbocycles. The molecule has 0 atom stereocenters. The second-order valence-electron chi connectivity index (χ2n) is 9.87. The standard InChI is InChI=1S/3C10H14O3.Ga/c3*1-3-4-5-9-10(12)8(11)6-7(2)13-9;/h3*6,12H,3-5H2,1-2H3;/q;;;+3/p-3. The third-order valence-electron chi connectivity index (χ3n) is 6.20. The minimum absolute atomic E-state index is 0.0257. The Hall–Kier alpha value is -3.11. The molecular formula is C30H39GaO9. The zero-order chi connectivity index (χ0) is 29.2. The van der Waals surface area contributed by atoms with Crippen molar-refractivity contribution in [3.05, 3.63) is 83.4 Å². The summed E-state index contributed by atoms with van der Waals surface area (Å²) in [4.78, 5) is 39.2. The van der Waals surface area contributed by atoms with Crippen LogP contribution in [0.3, 0.4) is 0 Å². The summed E-state index contributed by atoms with van der Waals surface area (Å²) in [6, 6.07) is 4.01. The van der Waals surface area contributed by atoms with Crippen LogP contribution in [0.5, 0.6) is 17.2 Å². The van der Waals surface area contributed by atoms with Gasteiger partial charge in [0, 0.05) is 0 Å². The first-order valence-electron chi connectivity index (χ1n) is 14.1. The molecule has 0 radical (unpaired) electrons. The Morgan fingerprint density at radius 1 is 0.550 bits per heavy atom. The van der Waals surface area contributed by atoms with Crippen molar-refractivity contribution in [1.29, 1.82) is 0 Å². The van der Waals surface area contributed by atoms with E-state index in [2.05, 4.69) is 0 Å². The van der Waals surface area contributed by atoms with Gasteiger partial charge in [-0.2, -0.15) is 0 Å². The van der Waals surface area contributed by atoms with E-state index < -0.39 is 17.3 Å². The molecule has 0 aliphatic carbocycles. The van der Waals surface area contributed by atoms with Gasteiger partial charge >= 0.3 is 241 Å². The van der Waals surface area contributed by atoms with Crippen molar-refractivity contribution in [2.75, 3.05) is 0 Å². The molecule has 0 aliphatic rings. The second-order valence-corrected chi connectivity index (χ2v) is 12.6. The molecule has 9 nitrogen and oxygen atoms in total. The van der Waals surface area contributed by atoms with Crippen molar-refractivity contribution >= 4 is 17.3 Å². The molecule has 0 N–H and O–H groups in total. The van der Waals surface area contributed by atoms with E-state index in [-0.39, 0.29) is 33.5 Å². The van der Waals surface area contributed by atoms with Crippen LogP contribution in [0.15, 0.2) is 45.8 Å². The van der Waals surface area contributed by atoms with Crippen molar-refractivity contribution in [2.24, 2.45) is 0 Å². The summed E-state index contributed by atoms with van der Waals surface area (Å²) in [6.07, 6.45) is 6.37. The molecule has 216 valence electrons. The molecule has 3 aromatic heterocycles. The van der Waals surface area contributed by atoms with Gasteiger partial charge in [0.25, 0.3) is 0 Å². The van der Waals surface area contributed by atoms with E-state index >= 15 is 0 Å². The van der Waals surface area contributed by atoms with Crippen molar-refractivity contribution < 1.29 is 23.8 Å². The second kappa shape index (κ2) is 15.0. The fraction of sp³-hybridized carbons (Fsp3) is 0.500. The first-order chi connectivity index (χ1) is 19.2. The van der Waals surface area contributed by atoms with Gasteiger partial charge in [0.2, 0.25) is 0 Å². The van der Waals surface area contributed by atoms with Crippen LogP contribution < -0.4 is 26.9 Å². The Labute approximate surface area is 240 Å². The third-order valence-corrected chi connectivity index (χ3v) is 8.90. The van der Waals surface area contributed by atoms with E-state index in [4.69, 9.17) is 23.8 Å². The monoisotopic (exact) mass is 612 g/mol. The Morgan fingerprint density at radius 3 is 1.07 bits per heavy atom. The average Bonchev–Trinajstić information content (AvgIpc) is 2.89. The summed E-state index contributed by atoms with van der Waals surface area (Å²) < 4.78 is 36.2. The molecule has 0 amide bonds. The van der Waals surface area contributed by atoms with E-state index in [9.17, 15) is 14.4 Å². The third kappa shape index (κ3) is 8.44. The van der Waals surface area contributed by atoms with Gasteiger partial charge in [0.1, 0.15) is 0 Å². The van der Waals surface area contributed by atoms with Gasteiger partial charge in [-0.1, -0.05) is 0 Å². The normalized spacial score (nSPS) is 10.9. The molecule has 3 rings (SSSR count). The molecule has 0 fully saturated rings. The molecule has 40 heavy (non-hydrogen) atoms. The summed E-state index contributed by atoms with van der Waals surface area (Å²) >= 11 is -4.15. The molecule has 3 aromatic rings. The topological polar surface area (TPSA) is 118 Å². The fourth-order valence-electron chi connectivity index (χ4n) is 4.21. The van der Waals surface area contributed by atoms with Crippen molar-refractivity contribution in [3.63, 3.8) is 0 Å². The maximum absolute atomic E-state index is 13.1. The number of hydrogen-bond donors (Lipinski definition) is 0. The van der Waals surface area contributed by atoms with Gasteiger partial charge < -0.3 is 0 Å². The van der Waals surface area contributed by atoms with Crippen LogP contribution in [0.2, 0.25) is 0 Å². The minimum atomic E-state index is -4.15. The van der Waals surface area contributed by atoms with Gasteiger partial charge in [0.15, 0.2) is 0 Å². The Bertz CT molecular complexity index is 1280. The molecular weight excluding hydrogens is 574 g/mol. The van der Waals surface area contributed by atoms with E-state index in [1.54, 1.807) is 20.8 Å². The summed E-state index contributed by atoms with van der Waals surface area (Å²) in [6.45, 7) is 11.2. The molecule has 3 heterocycles. The Morgan fingerprint density at radius 2 is 0.825 bits per heavy atom. The Balaban J connectivity index is 2.13. The summed E-state index contributed by atoms with van der Waals surface area (Å²) in [5, 5.41) is 0. The van der Waals surface area contributed by atoms with Crippen molar-refractivity contribution in [1.82, 2.24) is 0 Å². The predicted molar refractivity (Wildman–Crippen MR) is 153 cm³/mol. The predicted octanol–water partition coefficient (Wildman–Crippen LogP) is 6.02. The fourth-order valence-corrected chi connectivity index (χ4v) is 7.28. The van der Waals surface area contributed by atoms with Crippen LogP contribution in [-0.2, 0) is 19.3 Å². The van der Waals surface area contributed by atoms with Crippen molar-refractivity contribution in [2.45, 2.75) is 99.3 Å². The number of aryl methyl sites for hydroxylation is 6. The molecule has 0 saturated carbocycles. The van der Waals surface area contributed by atoms with Gasteiger partial charge in [-0.15, -0.1) is 0 Å². The number of unbranched alkanes of at least 4 members (excludes halogenated alkanes) is 3. The zero-order valence-corrected chi connectivity index (χ0v) is 26.8. The molecule has 10 heteroatoms. The summed E-state index contributed by atoms with van der Waals surface area (Å²) in [5.41, 5.74) is -1.16. The van der Waals surface area contributed by atoms with Crippen LogP contribution in [0, 0.1) is 20.8 Å². The summed E-state index contributed by atoms with van der Waals surface area (Å²) in [7, 11) is 0. The van der Waals surface area contributed by atoms with E-state index in [0.717, 1.165) is 38.5 Å². The number of rotatable bonds is 15. The van der Waals surface area contributed by atoms with E-state index in [0.29, 0.717) is 53.8 Å². The first kappa shape index (κ1) is 31.4. The van der Waals surface area contributed by atoms with Crippen LogP contribution in [0.4, 0.5) is 0 Å². The van der Waals surface area contributed by atoms with Gasteiger partial charge in [-0.25, -0.2) is 0 Å². The SMILES string of the molecule is CCCCc1oc(C)cc(=O)c1[O][Ga]([O]c1c(CCCC)oc(C)cc1=O)[O]c1c(CCCC)oc(C)cc1=O. The number of hydrogen-bond acceptors (Lipinski definition) is 9. The van der Waals surface area contributed by atoms with Crippen LogP contribution in [0.1, 0.15) is 93.9 Å². The molecule has 0 saturated heterocycles. The van der Waals surface area contributed by atoms with Crippen LogP contribution in [-0.4, -0.2) is 17.3 Å². The van der Waals surface area contributed by atoms with Crippen molar-refractivity contribution in [3.8, 4) is 17.2 Å². The summed E-state index contributed by atoms with van der Waals surface area (Å²) in [5.74, 6) is 2.41.